The smallest absolute Gasteiger partial charge is 0.242 e. The summed E-state index contributed by atoms with van der Waals surface area (Å²) in [5, 5.41) is -0.161. The van der Waals surface area contributed by atoms with Crippen molar-refractivity contribution < 1.29 is 16.8 Å². The number of nitrogens with two attached hydrogens (primary N) is 1. The highest BCUT2D eigenvalue weighted by Crippen LogP contribution is 2.31. The van der Waals surface area contributed by atoms with Gasteiger partial charge in [-0.3, -0.25) is 0 Å². The standard InChI is InChI=1S/C11H17N3O4S2/c1-19(15,16)11-5-4-9(6-13-11)20(17,18)14-7-10(12)8-2-3-8/h4-6,8,10,14H,2-3,7,12H2,1H3. The lowest BCUT2D eigenvalue weighted by Gasteiger charge is -2.12. The topological polar surface area (TPSA) is 119 Å². The SMILES string of the molecule is CS(=O)(=O)c1ccc(S(=O)(=O)NCC(N)C2CC2)cn1. The number of hydrogen-bond acceptors (Lipinski definition) is 6. The van der Waals surface area contributed by atoms with Crippen LogP contribution in [-0.4, -0.2) is 40.7 Å². The van der Waals surface area contributed by atoms with Crippen molar-refractivity contribution in [3.63, 3.8) is 0 Å². The predicted molar refractivity (Wildman–Crippen MR) is 73.2 cm³/mol. The van der Waals surface area contributed by atoms with Gasteiger partial charge in [0.05, 0.1) is 0 Å². The van der Waals surface area contributed by atoms with Crippen LogP contribution in [0.2, 0.25) is 0 Å². The average Bonchev–Trinajstić information content (AvgIpc) is 3.19. The van der Waals surface area contributed by atoms with Gasteiger partial charge in [0, 0.05) is 25.0 Å². The minimum absolute atomic E-state index is 0.0760. The lowest BCUT2D eigenvalue weighted by atomic mass is 10.2. The van der Waals surface area contributed by atoms with E-state index >= 15 is 0 Å². The average molecular weight is 319 g/mol. The molecular weight excluding hydrogens is 302 g/mol. The molecule has 112 valence electrons. The molecule has 1 aliphatic rings. The maximum atomic E-state index is 12.0. The van der Waals surface area contributed by atoms with Crippen LogP contribution < -0.4 is 10.5 Å². The van der Waals surface area contributed by atoms with Crippen molar-refractivity contribution in [2.45, 2.75) is 28.8 Å². The van der Waals surface area contributed by atoms with Crippen LogP contribution in [0.1, 0.15) is 12.8 Å². The number of rotatable bonds is 6. The first kappa shape index (κ1) is 15.4. The molecule has 0 amide bonds. The summed E-state index contributed by atoms with van der Waals surface area (Å²) in [6, 6.07) is 2.20. The van der Waals surface area contributed by atoms with Crippen molar-refractivity contribution in [1.29, 1.82) is 0 Å². The molecular formula is C11H17N3O4S2. The number of nitrogens with zero attached hydrogens (tertiary/aromatic N) is 1. The highest BCUT2D eigenvalue weighted by molar-refractivity contribution is 7.90. The van der Waals surface area contributed by atoms with Crippen LogP contribution in [0.15, 0.2) is 28.3 Å². The maximum Gasteiger partial charge on any atom is 0.242 e. The van der Waals surface area contributed by atoms with E-state index in [1.165, 1.54) is 12.1 Å². The van der Waals surface area contributed by atoms with Gasteiger partial charge in [-0.05, 0) is 30.9 Å². The van der Waals surface area contributed by atoms with E-state index in [-0.39, 0.29) is 22.5 Å². The van der Waals surface area contributed by atoms with Crippen LogP contribution in [0.4, 0.5) is 0 Å². The molecule has 1 fully saturated rings. The summed E-state index contributed by atoms with van der Waals surface area (Å²) >= 11 is 0. The number of nitrogens with one attached hydrogen (secondary N) is 1. The zero-order valence-electron chi connectivity index (χ0n) is 11.0. The first-order valence-corrected chi connectivity index (χ1v) is 9.49. The third-order valence-corrected chi connectivity index (χ3v) is 5.55. The van der Waals surface area contributed by atoms with Gasteiger partial charge in [0.2, 0.25) is 10.0 Å². The number of sulfone groups is 1. The molecule has 0 aromatic carbocycles. The van der Waals surface area contributed by atoms with Crippen molar-refractivity contribution in [2.75, 3.05) is 12.8 Å². The van der Waals surface area contributed by atoms with Crippen LogP contribution in [0.5, 0.6) is 0 Å². The van der Waals surface area contributed by atoms with Crippen LogP contribution in [-0.2, 0) is 19.9 Å². The van der Waals surface area contributed by atoms with Crippen LogP contribution in [0, 0.1) is 5.92 Å². The van der Waals surface area contributed by atoms with E-state index in [9.17, 15) is 16.8 Å². The second-order valence-electron chi connectivity index (χ2n) is 4.96. The fourth-order valence-electron chi connectivity index (χ4n) is 1.73. The molecule has 0 saturated heterocycles. The molecule has 1 aromatic heterocycles. The molecule has 1 saturated carbocycles. The number of sulfonamides is 1. The van der Waals surface area contributed by atoms with E-state index in [2.05, 4.69) is 9.71 Å². The molecule has 2 rings (SSSR count). The molecule has 0 radical (unpaired) electrons. The van der Waals surface area contributed by atoms with Crippen molar-refractivity contribution >= 4 is 19.9 Å². The summed E-state index contributed by atoms with van der Waals surface area (Å²) in [4.78, 5) is 3.58. The fourth-order valence-corrected chi connectivity index (χ4v) is 3.30. The molecule has 1 heterocycles. The van der Waals surface area contributed by atoms with Crippen molar-refractivity contribution in [3.8, 4) is 0 Å². The molecule has 1 unspecified atom stereocenters. The first-order valence-electron chi connectivity index (χ1n) is 6.11. The molecule has 0 aliphatic heterocycles. The van der Waals surface area contributed by atoms with Crippen LogP contribution >= 0.6 is 0 Å². The van der Waals surface area contributed by atoms with E-state index in [1.807, 2.05) is 0 Å². The Hall–Kier alpha value is -1.03. The second-order valence-corrected chi connectivity index (χ2v) is 8.69. The number of aromatic nitrogens is 1. The predicted octanol–water partition coefficient (Wildman–Crippen LogP) is -0.499. The number of hydrogen-bond donors (Lipinski definition) is 2. The lowest BCUT2D eigenvalue weighted by Crippen LogP contribution is -2.38. The number of pyridine rings is 1. The zero-order chi connectivity index (χ0) is 15.0. The molecule has 3 N–H and O–H groups in total. The Kier molecular flexibility index (Phi) is 4.14. The van der Waals surface area contributed by atoms with Gasteiger partial charge >= 0.3 is 0 Å². The molecule has 1 aliphatic carbocycles. The Bertz CT molecular complexity index is 679. The third-order valence-electron chi connectivity index (χ3n) is 3.14. The monoisotopic (exact) mass is 319 g/mol. The molecule has 9 heteroatoms. The van der Waals surface area contributed by atoms with E-state index < -0.39 is 19.9 Å². The molecule has 20 heavy (non-hydrogen) atoms. The Morgan fingerprint density at radius 1 is 1.35 bits per heavy atom. The Morgan fingerprint density at radius 3 is 2.45 bits per heavy atom. The Labute approximate surface area is 118 Å². The van der Waals surface area contributed by atoms with Crippen molar-refractivity contribution in [3.05, 3.63) is 18.3 Å². The summed E-state index contributed by atoms with van der Waals surface area (Å²) in [5.74, 6) is 0.392. The molecule has 0 spiro atoms. The third kappa shape index (κ3) is 3.75. The van der Waals surface area contributed by atoms with Crippen molar-refractivity contribution in [2.24, 2.45) is 11.7 Å². The van der Waals surface area contributed by atoms with Gasteiger partial charge in [-0.25, -0.2) is 26.5 Å². The van der Waals surface area contributed by atoms with Crippen molar-refractivity contribution in [1.82, 2.24) is 9.71 Å². The molecule has 0 bridgehead atoms. The van der Waals surface area contributed by atoms with Gasteiger partial charge in [-0.15, -0.1) is 0 Å². The van der Waals surface area contributed by atoms with E-state index in [0.29, 0.717) is 5.92 Å². The van der Waals surface area contributed by atoms with Gasteiger partial charge in [0.15, 0.2) is 14.9 Å². The second kappa shape index (κ2) is 5.40. The highest BCUT2D eigenvalue weighted by Gasteiger charge is 2.29. The summed E-state index contributed by atoms with van der Waals surface area (Å²) < 4.78 is 48.9. The Balaban J connectivity index is 2.09. The minimum atomic E-state index is -3.71. The first-order chi connectivity index (χ1) is 9.20. The van der Waals surface area contributed by atoms with Gasteiger partial charge < -0.3 is 5.73 Å². The normalized spacial score (nSPS) is 17.9. The van der Waals surface area contributed by atoms with E-state index in [0.717, 1.165) is 25.3 Å². The summed E-state index contributed by atoms with van der Waals surface area (Å²) in [6.07, 6.45) is 4.11. The molecule has 7 nitrogen and oxygen atoms in total. The fraction of sp³-hybridized carbons (Fsp3) is 0.545. The minimum Gasteiger partial charge on any atom is -0.326 e. The van der Waals surface area contributed by atoms with E-state index in [4.69, 9.17) is 5.73 Å². The van der Waals surface area contributed by atoms with Crippen LogP contribution in [0.25, 0.3) is 0 Å². The van der Waals surface area contributed by atoms with Gasteiger partial charge in [0.25, 0.3) is 0 Å². The quantitative estimate of drug-likeness (QED) is 0.729. The maximum absolute atomic E-state index is 12.0. The van der Waals surface area contributed by atoms with Gasteiger partial charge in [-0.2, -0.15) is 0 Å². The molecule has 1 atom stereocenters. The Morgan fingerprint density at radius 2 is 2.00 bits per heavy atom. The highest BCUT2D eigenvalue weighted by atomic mass is 32.2. The van der Waals surface area contributed by atoms with Crippen LogP contribution in [0.3, 0.4) is 0 Å². The van der Waals surface area contributed by atoms with Gasteiger partial charge in [-0.1, -0.05) is 0 Å². The zero-order valence-corrected chi connectivity index (χ0v) is 12.6. The summed E-state index contributed by atoms with van der Waals surface area (Å²) in [6.45, 7) is 0.167. The van der Waals surface area contributed by atoms with Gasteiger partial charge in [0.1, 0.15) is 4.90 Å². The summed E-state index contributed by atoms with van der Waals surface area (Å²) in [7, 11) is -7.15. The molecule has 1 aromatic rings. The van der Waals surface area contributed by atoms with E-state index in [1.54, 1.807) is 0 Å². The lowest BCUT2D eigenvalue weighted by molar-refractivity contribution is 0.547. The summed E-state index contributed by atoms with van der Waals surface area (Å²) in [5.41, 5.74) is 5.82. The largest absolute Gasteiger partial charge is 0.326 e.